The van der Waals surface area contributed by atoms with Gasteiger partial charge in [0, 0.05) is 51.9 Å². The van der Waals surface area contributed by atoms with Gasteiger partial charge < -0.3 is 15.4 Å². The molecule has 0 radical (unpaired) electrons. The molecule has 6 nitrogen and oxygen atoms in total. The lowest BCUT2D eigenvalue weighted by atomic mass is 10.2. The molecule has 2 atom stereocenters. The van der Waals surface area contributed by atoms with Crippen molar-refractivity contribution in [3.8, 4) is 0 Å². The third-order valence-electron chi connectivity index (χ3n) is 4.36. The first kappa shape index (κ1) is 23.9. The molecule has 2 aliphatic heterocycles. The highest BCUT2D eigenvalue weighted by molar-refractivity contribution is 5.85. The summed E-state index contributed by atoms with van der Waals surface area (Å²) < 4.78 is 5.77. The van der Waals surface area contributed by atoms with Crippen LogP contribution in [0.2, 0.25) is 0 Å². The Bertz CT molecular complexity index is 361. The van der Waals surface area contributed by atoms with Gasteiger partial charge in [-0.2, -0.15) is 0 Å². The molecule has 1 unspecified atom stereocenters. The Morgan fingerprint density at radius 1 is 1.33 bits per heavy atom. The lowest BCUT2D eigenvalue weighted by Crippen LogP contribution is -2.54. The number of piperazine rings is 1. The van der Waals surface area contributed by atoms with Crippen molar-refractivity contribution in [1.29, 1.82) is 0 Å². The number of carbonyl (C=O) groups excluding carboxylic acids is 1. The van der Waals surface area contributed by atoms with Crippen LogP contribution in [0.5, 0.6) is 0 Å². The number of nitrogens with one attached hydrogen (secondary N) is 2. The van der Waals surface area contributed by atoms with E-state index in [-0.39, 0.29) is 36.8 Å². The van der Waals surface area contributed by atoms with Gasteiger partial charge in [0.2, 0.25) is 5.91 Å². The van der Waals surface area contributed by atoms with Crippen molar-refractivity contribution < 1.29 is 9.53 Å². The van der Waals surface area contributed by atoms with Gasteiger partial charge in [-0.1, -0.05) is 13.8 Å². The van der Waals surface area contributed by atoms with Crippen molar-refractivity contribution >= 4 is 30.7 Å². The standard InChI is InChI=1S/C16H32N4O2.2ClH/c1-13(2)10-19-6-7-22-15(11-19)9-18-16(21)12-20-5-4-17-8-14(20)3;;/h13-15,17H,4-12H2,1-3H3,(H,18,21);2*1H/t14-,15?;;/m1../s1. The number of hydrogen-bond acceptors (Lipinski definition) is 5. The van der Waals surface area contributed by atoms with Gasteiger partial charge in [-0.3, -0.25) is 14.6 Å². The molecule has 2 saturated heterocycles. The van der Waals surface area contributed by atoms with Gasteiger partial charge in [0.15, 0.2) is 0 Å². The summed E-state index contributed by atoms with van der Waals surface area (Å²) in [5.41, 5.74) is 0. The highest BCUT2D eigenvalue weighted by Gasteiger charge is 2.23. The van der Waals surface area contributed by atoms with Crippen LogP contribution in [0.3, 0.4) is 0 Å². The Hall–Kier alpha value is -0.110. The Labute approximate surface area is 158 Å². The quantitative estimate of drug-likeness (QED) is 0.701. The molecule has 2 heterocycles. The van der Waals surface area contributed by atoms with Gasteiger partial charge in [0.1, 0.15) is 0 Å². The summed E-state index contributed by atoms with van der Waals surface area (Å²) in [6.45, 7) is 14.4. The summed E-state index contributed by atoms with van der Waals surface area (Å²) in [7, 11) is 0. The first-order valence-electron chi connectivity index (χ1n) is 8.60. The molecule has 2 N–H and O–H groups in total. The minimum absolute atomic E-state index is 0. The number of carbonyl (C=O) groups is 1. The van der Waals surface area contributed by atoms with E-state index in [0.717, 1.165) is 45.9 Å². The average molecular weight is 385 g/mol. The van der Waals surface area contributed by atoms with E-state index in [1.165, 1.54) is 0 Å². The maximum atomic E-state index is 12.1. The van der Waals surface area contributed by atoms with E-state index in [0.29, 0.717) is 25.0 Å². The Kier molecular flexibility index (Phi) is 12.2. The summed E-state index contributed by atoms with van der Waals surface area (Å²) in [6, 6.07) is 0.423. The fourth-order valence-electron chi connectivity index (χ4n) is 3.17. The Morgan fingerprint density at radius 2 is 2.08 bits per heavy atom. The normalized spacial score (nSPS) is 25.7. The van der Waals surface area contributed by atoms with Gasteiger partial charge in [-0.25, -0.2) is 0 Å². The zero-order valence-corrected chi connectivity index (χ0v) is 16.8. The third-order valence-corrected chi connectivity index (χ3v) is 4.36. The highest BCUT2D eigenvalue weighted by atomic mass is 35.5. The first-order chi connectivity index (χ1) is 10.5. The predicted octanol–water partition coefficient (Wildman–Crippen LogP) is 0.597. The summed E-state index contributed by atoms with van der Waals surface area (Å²) in [6.07, 6.45) is 0.122. The van der Waals surface area contributed by atoms with Gasteiger partial charge in [-0.15, -0.1) is 24.8 Å². The van der Waals surface area contributed by atoms with E-state index in [1.807, 2.05) is 0 Å². The molecule has 8 heteroatoms. The average Bonchev–Trinajstić information content (AvgIpc) is 2.47. The van der Waals surface area contributed by atoms with Crippen molar-refractivity contribution in [1.82, 2.24) is 20.4 Å². The maximum Gasteiger partial charge on any atom is 0.234 e. The summed E-state index contributed by atoms with van der Waals surface area (Å²) in [5.74, 6) is 0.779. The molecule has 1 amide bonds. The second-order valence-corrected chi connectivity index (χ2v) is 6.97. The second-order valence-electron chi connectivity index (χ2n) is 6.97. The SMILES string of the molecule is CC(C)CN1CCOC(CNC(=O)CN2CCNC[C@H]2C)C1.Cl.Cl. The van der Waals surface area contributed by atoms with Crippen LogP contribution in [-0.4, -0.2) is 86.8 Å². The largest absolute Gasteiger partial charge is 0.374 e. The van der Waals surface area contributed by atoms with Crippen molar-refractivity contribution in [2.45, 2.75) is 32.9 Å². The molecule has 0 saturated carbocycles. The van der Waals surface area contributed by atoms with Crippen molar-refractivity contribution in [2.24, 2.45) is 5.92 Å². The fraction of sp³-hybridized carbons (Fsp3) is 0.938. The number of morpholine rings is 1. The highest BCUT2D eigenvalue weighted by Crippen LogP contribution is 2.07. The molecular weight excluding hydrogens is 351 g/mol. The molecule has 0 spiro atoms. The summed E-state index contributed by atoms with van der Waals surface area (Å²) in [5, 5.41) is 6.38. The predicted molar refractivity (Wildman–Crippen MR) is 102 cm³/mol. The lowest BCUT2D eigenvalue weighted by Gasteiger charge is -2.35. The molecule has 24 heavy (non-hydrogen) atoms. The van der Waals surface area contributed by atoms with Gasteiger partial charge >= 0.3 is 0 Å². The molecule has 2 rings (SSSR count). The molecule has 2 fully saturated rings. The third kappa shape index (κ3) is 8.32. The van der Waals surface area contributed by atoms with Crippen LogP contribution >= 0.6 is 24.8 Å². The van der Waals surface area contributed by atoms with E-state index in [4.69, 9.17) is 4.74 Å². The van der Waals surface area contributed by atoms with E-state index in [2.05, 4.69) is 41.2 Å². The van der Waals surface area contributed by atoms with Crippen LogP contribution in [0.1, 0.15) is 20.8 Å². The van der Waals surface area contributed by atoms with Crippen LogP contribution in [0.15, 0.2) is 0 Å². The summed E-state index contributed by atoms with van der Waals surface area (Å²) in [4.78, 5) is 16.8. The molecule has 2 aliphatic rings. The minimum Gasteiger partial charge on any atom is -0.374 e. The maximum absolute atomic E-state index is 12.1. The van der Waals surface area contributed by atoms with Crippen molar-refractivity contribution in [2.75, 3.05) is 59.0 Å². The van der Waals surface area contributed by atoms with Crippen molar-refractivity contribution in [3.63, 3.8) is 0 Å². The Morgan fingerprint density at radius 3 is 2.75 bits per heavy atom. The van der Waals surface area contributed by atoms with E-state index >= 15 is 0 Å². The zero-order valence-electron chi connectivity index (χ0n) is 15.1. The van der Waals surface area contributed by atoms with Crippen LogP contribution in [0.4, 0.5) is 0 Å². The number of halogens is 2. The fourth-order valence-corrected chi connectivity index (χ4v) is 3.17. The number of nitrogens with zero attached hydrogens (tertiary/aromatic N) is 2. The molecule has 0 aromatic heterocycles. The topological polar surface area (TPSA) is 56.8 Å². The van der Waals surface area contributed by atoms with E-state index < -0.39 is 0 Å². The van der Waals surface area contributed by atoms with Gasteiger partial charge in [0.05, 0.1) is 19.3 Å². The van der Waals surface area contributed by atoms with E-state index in [1.54, 1.807) is 0 Å². The smallest absolute Gasteiger partial charge is 0.234 e. The molecule has 0 aromatic rings. The monoisotopic (exact) mass is 384 g/mol. The number of rotatable bonds is 6. The van der Waals surface area contributed by atoms with Crippen LogP contribution in [0, 0.1) is 5.92 Å². The Balaban J connectivity index is 0.00000264. The molecule has 0 aromatic carbocycles. The number of ether oxygens (including phenoxy) is 1. The lowest BCUT2D eigenvalue weighted by molar-refractivity contribution is -0.124. The molecule has 0 bridgehead atoms. The minimum atomic E-state index is 0. The van der Waals surface area contributed by atoms with Gasteiger partial charge in [0.25, 0.3) is 0 Å². The molecule has 144 valence electrons. The van der Waals surface area contributed by atoms with Gasteiger partial charge in [-0.05, 0) is 12.8 Å². The second kappa shape index (κ2) is 12.3. The number of amides is 1. The first-order valence-corrected chi connectivity index (χ1v) is 8.60. The van der Waals surface area contributed by atoms with E-state index in [9.17, 15) is 4.79 Å². The van der Waals surface area contributed by atoms with Crippen molar-refractivity contribution in [3.05, 3.63) is 0 Å². The van der Waals surface area contributed by atoms with Crippen LogP contribution < -0.4 is 10.6 Å². The summed E-state index contributed by atoms with van der Waals surface area (Å²) >= 11 is 0. The molecular formula is C16H34Cl2N4O2. The van der Waals surface area contributed by atoms with Crippen LogP contribution in [-0.2, 0) is 9.53 Å². The molecule has 0 aliphatic carbocycles. The number of hydrogen-bond donors (Lipinski definition) is 2. The zero-order chi connectivity index (χ0) is 15.9. The van der Waals surface area contributed by atoms with Crippen LogP contribution in [0.25, 0.3) is 0 Å².